The van der Waals surface area contributed by atoms with E-state index in [1.807, 2.05) is 24.3 Å². The molecule has 5 heterocycles. The summed E-state index contributed by atoms with van der Waals surface area (Å²) in [5, 5.41) is 56.0. The number of carbonyl (C=O) groups is 11. The summed E-state index contributed by atoms with van der Waals surface area (Å²) in [6.07, 6.45) is 1.92. The fourth-order valence-corrected chi connectivity index (χ4v) is 17.9. The number of unbranched alkanes of at least 4 members (excludes halogenated alkanes) is 1. The number of carboxylic acids is 1. The molecule has 1 aromatic carbocycles. The molecule has 17 atom stereocenters. The Morgan fingerprint density at radius 2 is 1.20 bits per heavy atom. The number of aliphatic hydroxyl groups is 1. The largest absolute Gasteiger partial charge is 0.481 e. The number of hydrogen-bond acceptors (Lipinski definition) is 19. The number of nitrogens with zero attached hydrogens (tertiary/aromatic N) is 1. The van der Waals surface area contributed by atoms with Crippen LogP contribution >= 0.6 is 23.5 Å². The summed E-state index contributed by atoms with van der Waals surface area (Å²) in [7, 11) is 0. The molecular weight excluding hydrogens is 1340 g/mol. The van der Waals surface area contributed by atoms with Crippen molar-refractivity contribution in [3.63, 3.8) is 0 Å². The van der Waals surface area contributed by atoms with Crippen LogP contribution in [0.15, 0.2) is 24.3 Å². The van der Waals surface area contributed by atoms with Crippen LogP contribution in [-0.2, 0) is 64.2 Å². The first-order chi connectivity index (χ1) is 48.1. The van der Waals surface area contributed by atoms with Crippen LogP contribution in [0.2, 0.25) is 0 Å². The molecule has 7 fully saturated rings. The van der Waals surface area contributed by atoms with E-state index in [-0.39, 0.29) is 106 Å². The zero-order valence-corrected chi connectivity index (χ0v) is 58.6. The van der Waals surface area contributed by atoms with E-state index < -0.39 is 157 Å². The van der Waals surface area contributed by atoms with E-state index in [0.29, 0.717) is 121 Å². The van der Waals surface area contributed by atoms with Gasteiger partial charge in [0.1, 0.15) is 60.7 Å². The Balaban J connectivity index is 1.02. The number of rotatable bonds is 15. The van der Waals surface area contributed by atoms with Crippen molar-refractivity contribution in [1.82, 2.24) is 68.7 Å². The van der Waals surface area contributed by atoms with Gasteiger partial charge < -0.3 is 90.4 Å². The molecule has 3 aliphatic carbocycles. The van der Waals surface area contributed by atoms with Crippen LogP contribution in [0, 0.1) is 29.6 Å². The lowest BCUT2D eigenvalue weighted by atomic mass is 9.76. The predicted octanol–water partition coefficient (Wildman–Crippen LogP) is -0.771. The topological polar surface area (TPSA) is 428 Å². The zero-order valence-electron chi connectivity index (χ0n) is 57.0. The van der Waals surface area contributed by atoms with Crippen LogP contribution < -0.4 is 75.3 Å². The maximum atomic E-state index is 15.3. The fraction of sp³-hybridized carbons (Fsp3) is 0.750. The molecular formula is C68H105F2N15O13S2. The first-order valence-corrected chi connectivity index (χ1v) is 38.4. The second-order valence-electron chi connectivity index (χ2n) is 28.7. The van der Waals surface area contributed by atoms with Crippen molar-refractivity contribution in [2.45, 2.75) is 231 Å². The van der Waals surface area contributed by atoms with Crippen LogP contribution in [0.3, 0.4) is 0 Å². The molecule has 1 aromatic rings. The van der Waals surface area contributed by atoms with Crippen molar-refractivity contribution in [3.8, 4) is 0 Å². The van der Waals surface area contributed by atoms with E-state index in [9.17, 15) is 43.8 Å². The molecule has 5 aliphatic heterocycles. The Bertz CT molecular complexity index is 3010. The van der Waals surface area contributed by atoms with E-state index >= 15 is 28.0 Å². The predicted molar refractivity (Wildman–Crippen MR) is 370 cm³/mol. The minimum Gasteiger partial charge on any atom is -0.481 e. The van der Waals surface area contributed by atoms with Crippen LogP contribution in [0.1, 0.15) is 146 Å². The second kappa shape index (κ2) is 38.3. The van der Waals surface area contributed by atoms with Gasteiger partial charge in [-0.1, -0.05) is 24.3 Å². The summed E-state index contributed by atoms with van der Waals surface area (Å²) in [6.45, 7) is 1.18. The van der Waals surface area contributed by atoms with Gasteiger partial charge in [0.15, 0.2) is 0 Å². The average molecular weight is 1440 g/mol. The van der Waals surface area contributed by atoms with E-state index in [1.54, 1.807) is 0 Å². The number of thioether (sulfide) groups is 2. The molecule has 32 heteroatoms. The molecule has 18 N–H and O–H groups in total. The molecule has 3 saturated carbocycles. The Morgan fingerprint density at radius 3 is 1.81 bits per heavy atom. The second-order valence-corrected chi connectivity index (χ2v) is 30.9. The van der Waals surface area contributed by atoms with Crippen molar-refractivity contribution >= 4 is 88.6 Å². The summed E-state index contributed by atoms with van der Waals surface area (Å²) in [4.78, 5) is 159. The highest BCUT2D eigenvalue weighted by molar-refractivity contribution is 7.98. The molecule has 0 radical (unpaired) electrons. The third-order valence-electron chi connectivity index (χ3n) is 21.4. The van der Waals surface area contributed by atoms with Crippen LogP contribution in [0.4, 0.5) is 8.78 Å². The van der Waals surface area contributed by atoms with Gasteiger partial charge in [-0.15, -0.1) is 0 Å². The summed E-state index contributed by atoms with van der Waals surface area (Å²) < 4.78 is 30.4. The third kappa shape index (κ3) is 22.9. The molecule has 9 unspecified atom stereocenters. The molecule has 4 saturated heterocycles. The van der Waals surface area contributed by atoms with Gasteiger partial charge in [0.25, 0.3) is 0 Å². The molecule has 0 spiro atoms. The minimum atomic E-state index is -1.90. The highest BCUT2D eigenvalue weighted by Gasteiger charge is 2.47. The highest BCUT2D eigenvalue weighted by atomic mass is 32.2. The standard InChI is InChI=1S/C68H105F2N15O13S2/c69-42-11-15-48-46(25-42)40(29-74-48)23-51-63(93)80-52(24-41-30-75-49-16-12-43(70)26-47(41)49)64(94)82-54(28-60(89)90)66(96)81-53(27-44-31-73-36-77-44)65(95)83-55(22-37-9-13-45(86)14-10-37)68(98)85-19-4-8-57(85)67(97)84-56(61(72)91)35-100-34-39-6-3-5-38(21-39)33-99-20-17-58(87)78-50(7-1-2-18-71)62(92)76-32-59(88)79-51/h3,5-6,21,37,40-57,73-75,77,86H,1-2,4,7-20,22-36,71H2,(H2,72,91)(H,76,92)(H,78,87)(H,79,88)(H,80,93)(H,81,96)(H,82,94)(H,83,95)(H,84,97)(H,89,90)/t37?,40?,41?,42?,43?,44?,45?,46?,47?,48?,49?,50-,51-,52-,53+,54-,55-,56-,57-/m0/s1. The van der Waals surface area contributed by atoms with Crippen molar-refractivity contribution < 1.29 is 71.7 Å². The number of benzene rings is 1. The number of fused-ring (bicyclic) bond motifs is 5. The Labute approximate surface area is 591 Å². The molecule has 28 nitrogen and oxygen atoms in total. The Morgan fingerprint density at radius 1 is 0.610 bits per heavy atom. The maximum Gasteiger partial charge on any atom is 0.305 e. The first kappa shape index (κ1) is 77.9. The number of aliphatic carboxylic acids is 1. The van der Waals surface area contributed by atoms with Crippen molar-refractivity contribution in [1.29, 1.82) is 0 Å². The smallest absolute Gasteiger partial charge is 0.305 e. The van der Waals surface area contributed by atoms with Crippen LogP contribution in [0.25, 0.3) is 0 Å². The number of nitrogens with one attached hydrogen (secondary N) is 12. The van der Waals surface area contributed by atoms with Gasteiger partial charge in [-0.05, 0) is 182 Å². The first-order valence-electron chi connectivity index (χ1n) is 36.1. The summed E-state index contributed by atoms with van der Waals surface area (Å²) in [5.41, 5.74) is 13.6. The minimum absolute atomic E-state index is 0.0410. The fourth-order valence-electron chi connectivity index (χ4n) is 16.0. The van der Waals surface area contributed by atoms with Crippen LogP contribution in [0.5, 0.6) is 0 Å². The normalized spacial score (nSPS) is 34.9. The molecule has 0 aromatic heterocycles. The van der Waals surface area contributed by atoms with Crippen LogP contribution in [-0.4, -0.2) is 223 Å². The number of nitrogens with two attached hydrogens (primary N) is 2. The van der Waals surface area contributed by atoms with E-state index in [2.05, 4.69) is 63.8 Å². The van der Waals surface area contributed by atoms with Gasteiger partial charge in [0.2, 0.25) is 59.1 Å². The highest BCUT2D eigenvalue weighted by Crippen LogP contribution is 2.40. The number of halogens is 2. The number of hydrogen-bond donors (Lipinski definition) is 16. The SMILES string of the molecule is NCCCC[C@@H]1NC(=O)CCSCc2cccc(c2)CSC[C@@H](C(N)=O)NC(=O)[C@@H]2CCCN2C(=O)[C@H](CC2CCC(O)CC2)NC(=O)[C@@H](CC2CNCN2)NC(=O)[C@H](CC(=O)O)NC(=O)[C@H](CC2CNC3CCC(F)CC23)NC(=O)[C@H](CC2CNC3CCC(F)CC23)NC(=O)CNC1=O. The number of primary amides is 1. The Hall–Kier alpha value is -6.29. The molecule has 2 bridgehead atoms. The quantitative estimate of drug-likeness (QED) is 0.0959. The zero-order chi connectivity index (χ0) is 71.4. The third-order valence-corrected chi connectivity index (χ3v) is 23.5. The molecule has 556 valence electrons. The molecule has 10 amide bonds. The number of aliphatic hydroxyl groups excluding tert-OH is 1. The van der Waals surface area contributed by atoms with Gasteiger partial charge >= 0.3 is 5.97 Å². The lowest BCUT2D eigenvalue weighted by Gasteiger charge is -2.34. The van der Waals surface area contributed by atoms with E-state index in [1.165, 1.54) is 28.4 Å². The summed E-state index contributed by atoms with van der Waals surface area (Å²) in [5.74, 6) is -9.24. The van der Waals surface area contributed by atoms with Gasteiger partial charge in [0, 0.05) is 67.3 Å². The van der Waals surface area contributed by atoms with E-state index in [4.69, 9.17) is 11.5 Å². The monoisotopic (exact) mass is 1440 g/mol. The summed E-state index contributed by atoms with van der Waals surface area (Å²) >= 11 is 2.86. The maximum absolute atomic E-state index is 15.3. The number of carboxylic acid groups (broad SMARTS) is 1. The van der Waals surface area contributed by atoms with Crippen molar-refractivity contribution in [3.05, 3.63) is 35.4 Å². The Kier molecular flexibility index (Phi) is 29.8. The summed E-state index contributed by atoms with van der Waals surface area (Å²) in [6, 6.07) is -3.75. The van der Waals surface area contributed by atoms with Gasteiger partial charge in [-0.3, -0.25) is 52.7 Å². The number of alkyl halides is 2. The average Bonchev–Trinajstić information content (AvgIpc) is 1.64. The molecule has 100 heavy (non-hydrogen) atoms. The van der Waals surface area contributed by atoms with Gasteiger partial charge in [0.05, 0.1) is 19.1 Å². The van der Waals surface area contributed by atoms with Crippen molar-refractivity contribution in [2.75, 3.05) is 57.4 Å². The van der Waals surface area contributed by atoms with Gasteiger partial charge in [-0.2, -0.15) is 23.5 Å². The lowest BCUT2D eigenvalue weighted by molar-refractivity contribution is -0.143. The van der Waals surface area contributed by atoms with E-state index in [0.717, 1.165) is 11.1 Å². The van der Waals surface area contributed by atoms with Gasteiger partial charge in [-0.25, -0.2) is 8.78 Å². The molecule has 9 rings (SSSR count). The molecule has 8 aliphatic rings. The van der Waals surface area contributed by atoms with Crippen molar-refractivity contribution in [2.24, 2.45) is 41.1 Å². The number of carbonyl (C=O) groups excluding carboxylic acids is 10. The lowest BCUT2D eigenvalue weighted by Crippen LogP contribution is -2.61. The number of amides is 10.